The highest BCUT2D eigenvalue weighted by atomic mass is 19.4. The van der Waals surface area contributed by atoms with Gasteiger partial charge >= 0.3 is 42.2 Å². The van der Waals surface area contributed by atoms with Gasteiger partial charge in [-0.05, 0) is 77.0 Å². The summed E-state index contributed by atoms with van der Waals surface area (Å²) in [4.78, 5) is 89.0. The molecule has 2 aromatic rings. The molecule has 3 rings (SSSR count). The maximum atomic E-state index is 13.5. The predicted molar refractivity (Wildman–Crippen MR) is 328 cm³/mol. The van der Waals surface area contributed by atoms with Gasteiger partial charge in [-0.25, -0.2) is 28.7 Å². The van der Waals surface area contributed by atoms with E-state index in [0.717, 1.165) is 94.1 Å². The van der Waals surface area contributed by atoms with Gasteiger partial charge in [-0.1, -0.05) is 159 Å². The number of halogens is 6. The van der Waals surface area contributed by atoms with Crippen molar-refractivity contribution in [2.75, 3.05) is 19.6 Å². The third-order valence-electron chi connectivity index (χ3n) is 14.0. The molecule has 0 bridgehead atoms. The standard InChI is InChI=1S/C56H98N12O8.2C2HF3O2/c1-3-5-7-9-11-13-15-17-19-21-23-25-27-29-31-33-38-61-55(72)75-49-47(44-67-43-45(65-66-67)42-63-51(70)46(57)36-35-40-60-53(58)59)74-52(68-41-37-48(69)64-54(68)71)50(49)76-56(73)62-39-34-32-30-28-26-24-22-20-18-16-14-12-10-8-6-4-2;2*3-2(4,5)1(6)7/h17-20,37,41,43,46-47,49-50,52H,3-16,21-36,38-40,42,44,57H2,1-2H3,(H,61,72)(H,62,73)(H,63,70)(H4,58,59,60)(H,64,69,71);2*(H,6,7)/b19-17-,20-18-;;/t46-,47+,49+,50+,52+;;/m0../s1. The molecule has 5 atom stereocenters. The fourth-order valence-corrected chi connectivity index (χ4v) is 9.08. The van der Waals surface area contributed by atoms with Crippen molar-refractivity contribution in [2.45, 2.75) is 262 Å². The highest BCUT2D eigenvalue weighted by Gasteiger charge is 2.51. The molecule has 1 aliphatic rings. The lowest BCUT2D eigenvalue weighted by molar-refractivity contribution is -0.193. The summed E-state index contributed by atoms with van der Waals surface area (Å²) in [5.74, 6) is -5.94. The van der Waals surface area contributed by atoms with Crippen molar-refractivity contribution < 1.29 is 74.7 Å². The highest BCUT2D eigenvalue weighted by molar-refractivity contribution is 5.81. The first-order chi connectivity index (χ1) is 42.9. The van der Waals surface area contributed by atoms with Crippen LogP contribution in [0, 0.1) is 0 Å². The van der Waals surface area contributed by atoms with Gasteiger partial charge in [-0.2, -0.15) is 26.3 Å². The van der Waals surface area contributed by atoms with Gasteiger partial charge in [0.1, 0.15) is 11.8 Å². The smallest absolute Gasteiger partial charge is 0.475 e. The third-order valence-corrected chi connectivity index (χ3v) is 14.0. The summed E-state index contributed by atoms with van der Waals surface area (Å²) in [6.45, 7) is 5.50. The summed E-state index contributed by atoms with van der Waals surface area (Å²) in [6.07, 6.45) is 29.0. The molecule has 3 heterocycles. The second-order valence-electron chi connectivity index (χ2n) is 21.9. The topological polar surface area (TPSA) is 366 Å². The first-order valence-electron chi connectivity index (χ1n) is 31.6. The lowest BCUT2D eigenvalue weighted by Crippen LogP contribution is -2.45. The number of nitrogens with zero attached hydrogens (tertiary/aromatic N) is 5. The predicted octanol–water partition coefficient (Wildman–Crippen LogP) is 10.3. The van der Waals surface area contributed by atoms with Crippen molar-refractivity contribution in [1.82, 2.24) is 40.5 Å². The Bertz CT molecular complexity index is 2480. The molecule has 2 aromatic heterocycles. The van der Waals surface area contributed by atoms with E-state index >= 15 is 0 Å². The number of guanidine groups is 1. The molecular formula is C60H100F6N12O12. The van der Waals surface area contributed by atoms with Crippen LogP contribution < -0.4 is 44.4 Å². The number of carbonyl (C=O) groups is 5. The summed E-state index contributed by atoms with van der Waals surface area (Å²) in [5, 5.41) is 31.0. The van der Waals surface area contributed by atoms with E-state index in [1.807, 2.05) is 0 Å². The molecule has 30 heteroatoms. The summed E-state index contributed by atoms with van der Waals surface area (Å²) < 4.78 is 84.4. The second kappa shape index (κ2) is 48.8. The summed E-state index contributed by atoms with van der Waals surface area (Å²) >= 11 is 0. The zero-order valence-corrected chi connectivity index (χ0v) is 52.4. The molecule has 0 unspecified atom stereocenters. The van der Waals surface area contributed by atoms with Gasteiger partial charge in [0, 0.05) is 31.9 Å². The monoisotopic (exact) mass is 1290 g/mol. The van der Waals surface area contributed by atoms with Gasteiger partial charge in [0.2, 0.25) is 5.91 Å². The van der Waals surface area contributed by atoms with Crippen LogP contribution in [0.3, 0.4) is 0 Å². The van der Waals surface area contributed by atoms with Crippen LogP contribution in [-0.4, -0.2) is 127 Å². The number of rotatable bonds is 44. The molecule has 514 valence electrons. The molecule has 12 N–H and O–H groups in total. The number of carboxylic acids is 2. The van der Waals surface area contributed by atoms with Crippen LogP contribution in [0.4, 0.5) is 35.9 Å². The maximum absolute atomic E-state index is 13.5. The fourth-order valence-electron chi connectivity index (χ4n) is 9.08. The van der Waals surface area contributed by atoms with Gasteiger partial charge < -0.3 is 57.6 Å². The van der Waals surface area contributed by atoms with E-state index in [1.165, 1.54) is 107 Å². The number of aromatic amines is 1. The van der Waals surface area contributed by atoms with Crippen LogP contribution in [0.25, 0.3) is 0 Å². The molecule has 90 heavy (non-hydrogen) atoms. The number of alkyl carbamates (subject to hydrolysis) is 2. The highest BCUT2D eigenvalue weighted by Crippen LogP contribution is 2.34. The van der Waals surface area contributed by atoms with Crippen LogP contribution in [0.5, 0.6) is 0 Å². The molecule has 0 radical (unpaired) electrons. The first-order valence-corrected chi connectivity index (χ1v) is 31.6. The molecule has 0 spiro atoms. The number of nitrogens with two attached hydrogens (primary N) is 3. The number of aliphatic imine (C=N–C) groups is 1. The van der Waals surface area contributed by atoms with Crippen LogP contribution >= 0.6 is 0 Å². The molecule has 1 saturated heterocycles. The number of hydrogen-bond donors (Lipinski definition) is 9. The fraction of sp³-hybridized carbons (Fsp3) is 0.733. The molecule has 0 saturated carbocycles. The van der Waals surface area contributed by atoms with Crippen LogP contribution in [0.15, 0.2) is 57.3 Å². The van der Waals surface area contributed by atoms with Gasteiger partial charge in [0.25, 0.3) is 5.56 Å². The Morgan fingerprint density at radius 1 is 0.667 bits per heavy atom. The number of carbonyl (C=O) groups excluding carboxylic acids is 3. The molecule has 0 aliphatic carbocycles. The van der Waals surface area contributed by atoms with E-state index in [0.29, 0.717) is 38.2 Å². The number of alkyl halides is 6. The SMILES string of the molecule is CCCCCCCC/C=C\CCCCCCCCNC(=O)O[C@@H]1[C@H](OC(=O)NCCCCCCCC/C=C\CCCCCCCC)[C@@H](Cn2cc(CNC(=O)[C@@H](N)CCCN=C(N)N)nn2)O[C@H]1n1ccc(=O)[nH]c1=O.O=C(O)C(F)(F)F.O=C(O)C(F)(F)F. The number of ether oxygens (including phenoxy) is 3. The minimum Gasteiger partial charge on any atom is -0.475 e. The Kier molecular flexibility index (Phi) is 44.0. The van der Waals surface area contributed by atoms with E-state index in [4.69, 9.17) is 51.2 Å². The van der Waals surface area contributed by atoms with Gasteiger partial charge in [0.15, 0.2) is 24.4 Å². The number of amides is 3. The van der Waals surface area contributed by atoms with E-state index in [1.54, 1.807) is 6.20 Å². The molecule has 24 nitrogen and oxygen atoms in total. The van der Waals surface area contributed by atoms with Crippen molar-refractivity contribution >= 4 is 36.0 Å². The number of unbranched alkanes of at least 4 members (excludes halogenated alkanes) is 24. The van der Waals surface area contributed by atoms with E-state index in [9.17, 15) is 50.3 Å². The Balaban J connectivity index is 0.00000257. The Morgan fingerprint density at radius 2 is 1.09 bits per heavy atom. The average Bonchev–Trinajstić information content (AvgIpc) is 1.70. The van der Waals surface area contributed by atoms with Gasteiger partial charge in [-0.3, -0.25) is 24.1 Å². The number of aliphatic carboxylic acids is 2. The molecule has 1 aliphatic heterocycles. The minimum atomic E-state index is -5.08. The van der Waals surface area contributed by atoms with E-state index < -0.39 is 84.2 Å². The van der Waals surface area contributed by atoms with Crippen LogP contribution in [-0.2, 0) is 41.7 Å². The van der Waals surface area contributed by atoms with Crippen molar-refractivity contribution in [1.29, 1.82) is 0 Å². The largest absolute Gasteiger partial charge is 0.490 e. The number of carboxylic acid groups (broad SMARTS) is 2. The quantitative estimate of drug-likeness (QED) is 0.00978. The van der Waals surface area contributed by atoms with Crippen molar-refractivity contribution in [3.05, 3.63) is 69.3 Å². The molecule has 1 fully saturated rings. The number of aromatic nitrogens is 5. The number of allylic oxidation sites excluding steroid dienone is 4. The molecule has 3 amide bonds. The third kappa shape index (κ3) is 40.6. The minimum absolute atomic E-state index is 0.0172. The molecular weight excluding hydrogens is 1190 g/mol. The summed E-state index contributed by atoms with van der Waals surface area (Å²) in [6, 6.07) is 0.353. The maximum Gasteiger partial charge on any atom is 0.490 e. The zero-order valence-electron chi connectivity index (χ0n) is 52.4. The number of hydrogen-bond acceptors (Lipinski definition) is 14. The van der Waals surface area contributed by atoms with Gasteiger partial charge in [-0.15, -0.1) is 5.10 Å². The normalized spacial score (nSPS) is 15.9. The van der Waals surface area contributed by atoms with E-state index in [-0.39, 0.29) is 19.0 Å². The average molecular weight is 1300 g/mol. The Labute approximate surface area is 523 Å². The summed E-state index contributed by atoms with van der Waals surface area (Å²) in [7, 11) is 0. The second-order valence-corrected chi connectivity index (χ2v) is 21.9. The number of H-pyrrole nitrogens is 1. The number of nitrogens with one attached hydrogen (secondary N) is 4. The van der Waals surface area contributed by atoms with Crippen molar-refractivity contribution in [3.8, 4) is 0 Å². The molecule has 0 aromatic carbocycles. The van der Waals surface area contributed by atoms with Gasteiger partial charge in [0.05, 0.1) is 25.3 Å². The first kappa shape index (κ1) is 81.0. The van der Waals surface area contributed by atoms with Crippen LogP contribution in [0.2, 0.25) is 0 Å². The zero-order chi connectivity index (χ0) is 67.0. The van der Waals surface area contributed by atoms with E-state index in [2.05, 4.69) is 74.4 Å². The lowest BCUT2D eigenvalue weighted by atomic mass is 10.1. The van der Waals surface area contributed by atoms with Crippen molar-refractivity contribution in [3.63, 3.8) is 0 Å². The van der Waals surface area contributed by atoms with Crippen LogP contribution in [0.1, 0.15) is 218 Å². The lowest BCUT2D eigenvalue weighted by Gasteiger charge is -2.25. The Hall–Kier alpha value is -6.98. The summed E-state index contributed by atoms with van der Waals surface area (Å²) in [5.41, 5.74) is 15.8. The van der Waals surface area contributed by atoms with Crippen molar-refractivity contribution in [2.24, 2.45) is 22.2 Å². The Morgan fingerprint density at radius 3 is 1.51 bits per heavy atom.